The van der Waals surface area contributed by atoms with Gasteiger partial charge in [-0.1, -0.05) is 11.6 Å². The second-order valence-electron chi connectivity index (χ2n) is 4.40. The summed E-state index contributed by atoms with van der Waals surface area (Å²) in [5.74, 6) is -0.906. The Kier molecular flexibility index (Phi) is 2.74. The fourth-order valence-corrected chi connectivity index (χ4v) is 2.47. The van der Waals surface area contributed by atoms with Crippen LogP contribution in [0.4, 0.5) is 5.69 Å². The number of nitrogens with zero attached hydrogens (tertiary/aromatic N) is 1. The third-order valence-electron chi connectivity index (χ3n) is 3.21. The largest absolute Gasteiger partial charge is 0.481 e. The summed E-state index contributed by atoms with van der Waals surface area (Å²) in [6, 6.07) is 3.17. The summed E-state index contributed by atoms with van der Waals surface area (Å²) in [5, 5.41) is 9.30. The van der Waals surface area contributed by atoms with Crippen molar-refractivity contribution >= 4 is 29.2 Å². The van der Waals surface area contributed by atoms with Crippen molar-refractivity contribution in [1.82, 2.24) is 0 Å². The first kappa shape index (κ1) is 12.1. The van der Waals surface area contributed by atoms with Crippen LogP contribution in [-0.2, 0) is 9.59 Å². The van der Waals surface area contributed by atoms with Crippen LogP contribution in [0.5, 0.6) is 11.5 Å². The lowest BCUT2D eigenvalue weighted by Gasteiger charge is -2.18. The van der Waals surface area contributed by atoms with Crippen LogP contribution in [0.2, 0.25) is 5.02 Å². The first-order chi connectivity index (χ1) is 9.06. The van der Waals surface area contributed by atoms with E-state index in [2.05, 4.69) is 0 Å². The third-order valence-corrected chi connectivity index (χ3v) is 3.51. The number of carbonyl (C=O) groups excluding carboxylic acids is 1. The van der Waals surface area contributed by atoms with Gasteiger partial charge in [0.2, 0.25) is 12.7 Å². The van der Waals surface area contributed by atoms with Gasteiger partial charge in [0.25, 0.3) is 0 Å². The van der Waals surface area contributed by atoms with E-state index in [0.29, 0.717) is 22.2 Å². The van der Waals surface area contributed by atoms with Crippen molar-refractivity contribution < 1.29 is 24.2 Å². The molecule has 0 radical (unpaired) electrons. The fraction of sp³-hybridized carbons (Fsp3) is 0.333. The molecule has 0 unspecified atom stereocenters. The van der Waals surface area contributed by atoms with Crippen LogP contribution in [0.25, 0.3) is 0 Å². The molecule has 3 rings (SSSR count). The number of halogens is 1. The number of benzene rings is 1. The van der Waals surface area contributed by atoms with Gasteiger partial charge in [0.15, 0.2) is 11.5 Å². The van der Waals surface area contributed by atoms with Crippen LogP contribution in [0.15, 0.2) is 12.1 Å². The number of amides is 1. The van der Waals surface area contributed by atoms with Gasteiger partial charge in [-0.3, -0.25) is 9.59 Å². The Hall–Kier alpha value is -1.95. The fourth-order valence-electron chi connectivity index (χ4n) is 2.22. The average Bonchev–Trinajstić information content (AvgIpc) is 2.94. The Balaban J connectivity index is 1.95. The summed E-state index contributed by atoms with van der Waals surface area (Å²) in [6.45, 7) is 0.230. The van der Waals surface area contributed by atoms with E-state index >= 15 is 0 Å². The summed E-state index contributed by atoms with van der Waals surface area (Å²) in [6.07, 6.45) is -0.0138. The zero-order valence-electron chi connectivity index (χ0n) is 9.76. The van der Waals surface area contributed by atoms with Crippen molar-refractivity contribution in [1.29, 1.82) is 0 Å². The quantitative estimate of drug-likeness (QED) is 0.890. The van der Waals surface area contributed by atoms with E-state index < -0.39 is 11.9 Å². The van der Waals surface area contributed by atoms with Crippen molar-refractivity contribution in [2.24, 2.45) is 5.92 Å². The molecule has 2 heterocycles. The lowest BCUT2D eigenvalue weighted by Crippen LogP contribution is -2.26. The number of fused-ring (bicyclic) bond motifs is 1. The molecule has 2 aliphatic rings. The lowest BCUT2D eigenvalue weighted by atomic mass is 10.1. The molecule has 1 aromatic rings. The van der Waals surface area contributed by atoms with Crippen LogP contribution in [0.1, 0.15) is 6.42 Å². The smallest absolute Gasteiger partial charge is 0.308 e. The topological polar surface area (TPSA) is 76.1 Å². The van der Waals surface area contributed by atoms with Gasteiger partial charge in [0, 0.05) is 25.1 Å². The highest BCUT2D eigenvalue weighted by Gasteiger charge is 2.36. The minimum atomic E-state index is -0.979. The van der Waals surface area contributed by atoms with E-state index in [1.165, 1.54) is 4.90 Å². The minimum absolute atomic E-state index is 0.0138. The van der Waals surface area contributed by atoms with E-state index in [9.17, 15) is 9.59 Å². The van der Waals surface area contributed by atoms with Crippen LogP contribution in [-0.4, -0.2) is 30.3 Å². The molecule has 1 saturated heterocycles. The number of hydrogen-bond donors (Lipinski definition) is 1. The Labute approximate surface area is 113 Å². The maximum atomic E-state index is 11.9. The third kappa shape index (κ3) is 1.98. The van der Waals surface area contributed by atoms with Crippen molar-refractivity contribution in [2.45, 2.75) is 6.42 Å². The van der Waals surface area contributed by atoms with Crippen molar-refractivity contribution in [3.63, 3.8) is 0 Å². The molecule has 19 heavy (non-hydrogen) atoms. The highest BCUT2D eigenvalue weighted by Crippen LogP contribution is 2.42. The molecule has 100 valence electrons. The van der Waals surface area contributed by atoms with E-state index in [-0.39, 0.29) is 25.7 Å². The maximum absolute atomic E-state index is 11.9. The van der Waals surface area contributed by atoms with Gasteiger partial charge in [-0.05, 0) is 0 Å². The highest BCUT2D eigenvalue weighted by atomic mass is 35.5. The Bertz CT molecular complexity index is 573. The molecule has 1 aromatic carbocycles. The molecule has 2 aliphatic heterocycles. The second-order valence-corrected chi connectivity index (χ2v) is 4.81. The summed E-state index contributed by atoms with van der Waals surface area (Å²) < 4.78 is 10.4. The molecule has 7 heteroatoms. The molecule has 0 bridgehead atoms. The number of aliphatic carboxylic acids is 1. The predicted octanol–water partition coefficient (Wildman–Crippen LogP) is 1.51. The molecular weight excluding hydrogens is 274 g/mol. The Morgan fingerprint density at radius 3 is 2.68 bits per heavy atom. The summed E-state index contributed by atoms with van der Waals surface area (Å²) in [5.41, 5.74) is 0.458. The van der Waals surface area contributed by atoms with Gasteiger partial charge in [-0.25, -0.2) is 0 Å². The number of carboxylic acids is 1. The van der Waals surface area contributed by atoms with Crippen molar-refractivity contribution in [3.8, 4) is 11.5 Å². The van der Waals surface area contributed by atoms with Gasteiger partial charge in [0.1, 0.15) is 0 Å². The van der Waals surface area contributed by atoms with Gasteiger partial charge in [-0.15, -0.1) is 0 Å². The number of ether oxygens (including phenoxy) is 2. The number of carbonyl (C=O) groups is 2. The molecule has 6 nitrogen and oxygen atoms in total. The highest BCUT2D eigenvalue weighted by molar-refractivity contribution is 6.34. The SMILES string of the molecule is O=C(O)[C@@H]1CC(=O)N(c2cc3c(cc2Cl)OCO3)C1. The first-order valence-electron chi connectivity index (χ1n) is 5.68. The van der Waals surface area contributed by atoms with E-state index in [1.54, 1.807) is 12.1 Å². The Morgan fingerprint density at radius 1 is 1.37 bits per heavy atom. The van der Waals surface area contributed by atoms with Crippen molar-refractivity contribution in [3.05, 3.63) is 17.2 Å². The molecular formula is C12H10ClNO5. The number of anilines is 1. The molecule has 1 amide bonds. The van der Waals surface area contributed by atoms with Crippen LogP contribution in [0.3, 0.4) is 0 Å². The summed E-state index contributed by atoms with van der Waals surface area (Å²) in [4.78, 5) is 24.2. The number of rotatable bonds is 2. The molecule has 0 spiro atoms. The molecule has 1 fully saturated rings. The van der Waals surface area contributed by atoms with E-state index in [0.717, 1.165) is 0 Å². The molecule has 0 saturated carbocycles. The molecule has 1 atom stereocenters. The van der Waals surface area contributed by atoms with Crippen LogP contribution < -0.4 is 14.4 Å². The van der Waals surface area contributed by atoms with E-state index in [4.69, 9.17) is 26.2 Å². The average molecular weight is 284 g/mol. The van der Waals surface area contributed by atoms with Crippen molar-refractivity contribution in [2.75, 3.05) is 18.2 Å². The standard InChI is InChI=1S/C12H10ClNO5/c13-7-2-9-10(19-5-18-9)3-8(7)14-4-6(12(16)17)1-11(14)15/h2-3,6H,1,4-5H2,(H,16,17)/t6-/m1/s1. The summed E-state index contributed by atoms with van der Waals surface area (Å²) >= 11 is 6.10. The van der Waals surface area contributed by atoms with Crippen LogP contribution in [0, 0.1) is 5.92 Å². The van der Waals surface area contributed by atoms with Gasteiger partial charge >= 0.3 is 5.97 Å². The second kappa shape index (κ2) is 4.31. The Morgan fingerprint density at radius 2 is 2.05 bits per heavy atom. The normalized spacial score (nSPS) is 21.0. The molecule has 0 aromatic heterocycles. The lowest BCUT2D eigenvalue weighted by molar-refractivity contribution is -0.141. The predicted molar refractivity (Wildman–Crippen MR) is 65.7 cm³/mol. The summed E-state index contributed by atoms with van der Waals surface area (Å²) in [7, 11) is 0. The molecule has 0 aliphatic carbocycles. The minimum Gasteiger partial charge on any atom is -0.481 e. The zero-order valence-corrected chi connectivity index (χ0v) is 10.5. The number of carboxylic acid groups (broad SMARTS) is 1. The number of hydrogen-bond acceptors (Lipinski definition) is 4. The zero-order chi connectivity index (χ0) is 13.6. The van der Waals surface area contributed by atoms with Gasteiger partial charge in [0.05, 0.1) is 16.6 Å². The maximum Gasteiger partial charge on any atom is 0.308 e. The monoisotopic (exact) mass is 283 g/mol. The van der Waals surface area contributed by atoms with E-state index in [1.807, 2.05) is 0 Å². The van der Waals surface area contributed by atoms with Gasteiger partial charge in [-0.2, -0.15) is 0 Å². The molecule has 1 N–H and O–H groups in total. The first-order valence-corrected chi connectivity index (χ1v) is 6.06. The van der Waals surface area contributed by atoms with Crippen LogP contribution >= 0.6 is 11.6 Å². The van der Waals surface area contributed by atoms with Gasteiger partial charge < -0.3 is 19.5 Å².